The van der Waals surface area contributed by atoms with Crippen LogP contribution in [0.1, 0.15) is 44.2 Å². The molecule has 0 fully saturated rings. The van der Waals surface area contributed by atoms with E-state index in [1.807, 2.05) is 19.1 Å². The highest BCUT2D eigenvalue weighted by molar-refractivity contribution is 9.10. The van der Waals surface area contributed by atoms with E-state index in [4.69, 9.17) is 14.2 Å². The molecule has 7 heteroatoms. The fourth-order valence-electron chi connectivity index (χ4n) is 2.77. The van der Waals surface area contributed by atoms with Gasteiger partial charge in [0.05, 0.1) is 11.1 Å². The van der Waals surface area contributed by atoms with Crippen molar-refractivity contribution in [1.29, 1.82) is 0 Å². The van der Waals surface area contributed by atoms with Crippen molar-refractivity contribution in [2.24, 2.45) is 0 Å². The average molecular weight is 505 g/mol. The Morgan fingerprint density at radius 2 is 1.80 bits per heavy atom. The van der Waals surface area contributed by atoms with Gasteiger partial charge in [-0.25, -0.2) is 4.39 Å². The maximum Gasteiger partial charge on any atom is 0.175 e. The van der Waals surface area contributed by atoms with Crippen LogP contribution < -0.4 is 14.8 Å². The zero-order valence-corrected chi connectivity index (χ0v) is 20.1. The summed E-state index contributed by atoms with van der Waals surface area (Å²) in [6.07, 6.45) is 3.26. The minimum atomic E-state index is -0.277. The highest BCUT2D eigenvalue weighted by Gasteiger charge is 2.13. The van der Waals surface area contributed by atoms with Crippen molar-refractivity contribution in [3.05, 3.63) is 57.8 Å². The van der Waals surface area contributed by atoms with E-state index >= 15 is 0 Å². The Labute approximate surface area is 194 Å². The SMILES string of the molecule is CCCCOCCCNCc1cc(Br)c(OCc2ccccc2F)c(OCC)c1.Cl. The molecule has 0 atom stereocenters. The molecule has 2 aromatic rings. The van der Waals surface area contributed by atoms with Gasteiger partial charge in [0.15, 0.2) is 11.5 Å². The Hall–Kier alpha value is -1.34. The standard InChI is InChI=1S/C23H31BrFNO3.ClH/c1-3-5-12-27-13-8-11-26-16-18-14-20(24)23(22(15-18)28-4-2)29-17-19-9-6-7-10-21(19)25;/h6-7,9-10,14-15,26H,3-5,8,11-13,16-17H2,1-2H3;1H. The Bertz CT molecular complexity index is 748. The van der Waals surface area contributed by atoms with Crippen molar-refractivity contribution in [1.82, 2.24) is 5.32 Å². The molecule has 0 saturated heterocycles. The molecule has 0 aliphatic heterocycles. The molecule has 0 aromatic heterocycles. The third-order valence-corrected chi connectivity index (χ3v) is 4.90. The van der Waals surface area contributed by atoms with Crippen molar-refractivity contribution in [2.75, 3.05) is 26.4 Å². The molecule has 0 heterocycles. The van der Waals surface area contributed by atoms with Gasteiger partial charge < -0.3 is 19.5 Å². The van der Waals surface area contributed by atoms with E-state index in [-0.39, 0.29) is 24.8 Å². The molecule has 0 bridgehead atoms. The number of hydrogen-bond donors (Lipinski definition) is 1. The lowest BCUT2D eigenvalue weighted by atomic mass is 10.2. The van der Waals surface area contributed by atoms with E-state index in [1.165, 1.54) is 6.07 Å². The molecular formula is C23H32BrClFNO3. The predicted molar refractivity (Wildman–Crippen MR) is 125 cm³/mol. The van der Waals surface area contributed by atoms with Crippen LogP contribution in [0.4, 0.5) is 4.39 Å². The van der Waals surface area contributed by atoms with Crippen molar-refractivity contribution in [2.45, 2.75) is 46.3 Å². The molecule has 0 spiro atoms. The van der Waals surface area contributed by atoms with E-state index < -0.39 is 0 Å². The van der Waals surface area contributed by atoms with Crippen LogP contribution in [0.25, 0.3) is 0 Å². The summed E-state index contributed by atoms with van der Waals surface area (Å²) in [4.78, 5) is 0. The van der Waals surface area contributed by atoms with Crippen LogP contribution in [0, 0.1) is 5.82 Å². The molecular weight excluding hydrogens is 473 g/mol. The second-order valence-corrected chi connectivity index (χ2v) is 7.57. The number of unbranched alkanes of at least 4 members (excludes halogenated alkanes) is 1. The van der Waals surface area contributed by atoms with Crippen LogP contribution in [0.5, 0.6) is 11.5 Å². The van der Waals surface area contributed by atoms with Crippen molar-refractivity contribution in [3.63, 3.8) is 0 Å². The highest BCUT2D eigenvalue weighted by atomic mass is 79.9. The largest absolute Gasteiger partial charge is 0.490 e. The number of benzene rings is 2. The first kappa shape index (κ1) is 26.7. The third-order valence-electron chi connectivity index (χ3n) is 4.31. The Morgan fingerprint density at radius 1 is 1.03 bits per heavy atom. The lowest BCUT2D eigenvalue weighted by molar-refractivity contribution is 0.129. The van der Waals surface area contributed by atoms with Gasteiger partial charge in [0, 0.05) is 25.3 Å². The first-order valence-corrected chi connectivity index (χ1v) is 11.0. The monoisotopic (exact) mass is 503 g/mol. The second-order valence-electron chi connectivity index (χ2n) is 6.71. The highest BCUT2D eigenvalue weighted by Crippen LogP contribution is 2.37. The molecule has 2 rings (SSSR count). The molecule has 168 valence electrons. The van der Waals surface area contributed by atoms with Crippen molar-refractivity contribution in [3.8, 4) is 11.5 Å². The summed E-state index contributed by atoms with van der Waals surface area (Å²) in [6.45, 7) is 7.99. The van der Waals surface area contributed by atoms with Gasteiger partial charge in [0.2, 0.25) is 0 Å². The summed E-state index contributed by atoms with van der Waals surface area (Å²) in [5.41, 5.74) is 1.60. The minimum Gasteiger partial charge on any atom is -0.490 e. The zero-order valence-electron chi connectivity index (χ0n) is 17.7. The fourth-order valence-corrected chi connectivity index (χ4v) is 3.38. The summed E-state index contributed by atoms with van der Waals surface area (Å²) in [5.74, 6) is 0.960. The molecule has 1 N–H and O–H groups in total. The van der Waals surface area contributed by atoms with Gasteiger partial charge in [-0.1, -0.05) is 31.5 Å². The van der Waals surface area contributed by atoms with Gasteiger partial charge in [0.1, 0.15) is 12.4 Å². The Balaban J connectivity index is 0.00000450. The minimum absolute atomic E-state index is 0. The van der Waals surface area contributed by atoms with Crippen molar-refractivity contribution >= 4 is 28.3 Å². The number of halogens is 3. The van der Waals surface area contributed by atoms with Gasteiger partial charge in [0.25, 0.3) is 0 Å². The van der Waals surface area contributed by atoms with E-state index in [0.717, 1.165) is 55.6 Å². The van der Waals surface area contributed by atoms with Gasteiger partial charge in [-0.3, -0.25) is 0 Å². The van der Waals surface area contributed by atoms with Crippen LogP contribution in [0.3, 0.4) is 0 Å². The van der Waals surface area contributed by atoms with Crippen LogP contribution >= 0.6 is 28.3 Å². The van der Waals surface area contributed by atoms with Gasteiger partial charge in [-0.15, -0.1) is 12.4 Å². The topological polar surface area (TPSA) is 39.7 Å². The number of hydrogen-bond acceptors (Lipinski definition) is 4. The van der Waals surface area contributed by atoms with Crippen LogP contribution in [-0.2, 0) is 17.9 Å². The van der Waals surface area contributed by atoms with Gasteiger partial charge in [-0.05, 0) is 66.0 Å². The normalized spacial score (nSPS) is 10.5. The third kappa shape index (κ3) is 9.21. The molecule has 0 aliphatic carbocycles. The quantitative estimate of drug-likeness (QED) is 0.307. The van der Waals surface area contributed by atoms with E-state index in [0.29, 0.717) is 23.7 Å². The van der Waals surface area contributed by atoms with Crippen LogP contribution in [-0.4, -0.2) is 26.4 Å². The summed E-state index contributed by atoms with van der Waals surface area (Å²) in [5, 5.41) is 3.43. The first-order valence-electron chi connectivity index (χ1n) is 10.3. The molecule has 0 amide bonds. The smallest absolute Gasteiger partial charge is 0.175 e. The van der Waals surface area contributed by atoms with E-state index in [1.54, 1.807) is 18.2 Å². The maximum absolute atomic E-state index is 13.9. The molecule has 0 radical (unpaired) electrons. The van der Waals surface area contributed by atoms with Crippen LogP contribution in [0.2, 0.25) is 0 Å². The second kappa shape index (κ2) is 15.5. The first-order chi connectivity index (χ1) is 14.2. The average Bonchev–Trinajstić information content (AvgIpc) is 2.71. The molecule has 4 nitrogen and oxygen atoms in total. The number of nitrogens with one attached hydrogen (secondary N) is 1. The van der Waals surface area contributed by atoms with Crippen LogP contribution in [0.15, 0.2) is 40.9 Å². The lowest BCUT2D eigenvalue weighted by Crippen LogP contribution is -2.16. The fraction of sp³-hybridized carbons (Fsp3) is 0.478. The maximum atomic E-state index is 13.9. The molecule has 0 aliphatic rings. The summed E-state index contributed by atoms with van der Waals surface area (Å²) in [6, 6.07) is 10.6. The molecule has 30 heavy (non-hydrogen) atoms. The summed E-state index contributed by atoms with van der Waals surface area (Å²) < 4.78 is 31.9. The van der Waals surface area contributed by atoms with Gasteiger partial charge >= 0.3 is 0 Å². The van der Waals surface area contributed by atoms with E-state index in [9.17, 15) is 4.39 Å². The predicted octanol–water partition coefficient (Wildman–Crippen LogP) is 6.28. The zero-order chi connectivity index (χ0) is 20.9. The number of ether oxygens (including phenoxy) is 3. The summed E-state index contributed by atoms with van der Waals surface area (Å²) >= 11 is 3.57. The molecule has 2 aromatic carbocycles. The van der Waals surface area contributed by atoms with E-state index in [2.05, 4.69) is 28.2 Å². The number of rotatable bonds is 14. The Morgan fingerprint density at radius 3 is 2.53 bits per heavy atom. The molecule has 0 saturated carbocycles. The van der Waals surface area contributed by atoms with Crippen molar-refractivity contribution < 1.29 is 18.6 Å². The summed E-state index contributed by atoms with van der Waals surface area (Å²) in [7, 11) is 0. The Kier molecular flexibility index (Phi) is 13.8. The lowest BCUT2D eigenvalue weighted by Gasteiger charge is -2.16. The van der Waals surface area contributed by atoms with Gasteiger partial charge in [-0.2, -0.15) is 0 Å². The molecule has 0 unspecified atom stereocenters.